The Hall–Kier alpha value is -3.98. The molecular formula is C32H38N3O7P. The van der Waals surface area contributed by atoms with Crippen molar-refractivity contribution in [3.8, 4) is 5.75 Å². The van der Waals surface area contributed by atoms with Gasteiger partial charge in [-0.1, -0.05) is 72.8 Å². The number of carbonyl (C=O) groups excluding carboxylic acids is 3. The Labute approximate surface area is 252 Å². The molecule has 4 rings (SSSR count). The molecule has 0 unspecified atom stereocenters. The number of benzene rings is 3. The summed E-state index contributed by atoms with van der Waals surface area (Å²) < 4.78 is 30.8. The van der Waals surface area contributed by atoms with E-state index in [0.29, 0.717) is 25.9 Å². The number of carbonyl (C=O) groups is 3. The standard InChI is InChI=1S/C32H38N3O7P/c1-25(36)34-30(32(38)33-19-9-21-35-20-8-14-31(35)37)22-26-15-17-29(18-16-26)42-43(39,40-23-27-10-4-2-5-11-27)41-24-28-12-6-3-7-13-28/h2-7,10-13,15-18,30H,8-9,14,19-24H2,1H3,(H,33,38)(H,34,36)/t30-/m0/s1. The molecule has 43 heavy (non-hydrogen) atoms. The van der Waals surface area contributed by atoms with E-state index in [1.165, 1.54) is 6.92 Å². The highest BCUT2D eigenvalue weighted by molar-refractivity contribution is 7.48. The zero-order valence-electron chi connectivity index (χ0n) is 24.3. The van der Waals surface area contributed by atoms with Gasteiger partial charge in [-0.2, -0.15) is 0 Å². The predicted octanol–water partition coefficient (Wildman–Crippen LogP) is 4.78. The Bertz CT molecular complexity index is 1340. The number of hydrogen-bond donors (Lipinski definition) is 2. The van der Waals surface area contributed by atoms with Gasteiger partial charge in [0, 0.05) is 39.4 Å². The maximum atomic E-state index is 13.6. The molecule has 1 fully saturated rings. The van der Waals surface area contributed by atoms with E-state index in [2.05, 4.69) is 10.6 Å². The molecule has 1 atom stereocenters. The van der Waals surface area contributed by atoms with Crippen LogP contribution in [0.2, 0.25) is 0 Å². The lowest BCUT2D eigenvalue weighted by Crippen LogP contribution is -2.47. The molecule has 1 saturated heterocycles. The zero-order valence-corrected chi connectivity index (χ0v) is 25.2. The minimum atomic E-state index is -4.02. The molecule has 1 aliphatic rings. The second kappa shape index (κ2) is 16.0. The molecular weight excluding hydrogens is 569 g/mol. The Kier molecular flexibility index (Phi) is 11.9. The number of nitrogens with one attached hydrogen (secondary N) is 2. The van der Waals surface area contributed by atoms with Crippen molar-refractivity contribution in [3.05, 3.63) is 102 Å². The summed E-state index contributed by atoms with van der Waals surface area (Å²) in [6.45, 7) is 3.18. The van der Waals surface area contributed by atoms with Gasteiger partial charge in [-0.25, -0.2) is 4.57 Å². The third-order valence-electron chi connectivity index (χ3n) is 6.81. The molecule has 3 aromatic rings. The van der Waals surface area contributed by atoms with E-state index < -0.39 is 13.9 Å². The van der Waals surface area contributed by atoms with Gasteiger partial charge in [0.15, 0.2) is 0 Å². The fourth-order valence-corrected chi connectivity index (χ4v) is 5.77. The number of likely N-dealkylation sites (tertiary alicyclic amines) is 1. The van der Waals surface area contributed by atoms with Gasteiger partial charge in [0.25, 0.3) is 0 Å². The molecule has 1 heterocycles. The van der Waals surface area contributed by atoms with Crippen LogP contribution in [0.25, 0.3) is 0 Å². The molecule has 228 valence electrons. The number of phosphoric acid groups is 1. The quantitative estimate of drug-likeness (QED) is 0.177. The van der Waals surface area contributed by atoms with Crippen LogP contribution in [-0.2, 0) is 47.6 Å². The molecule has 10 nitrogen and oxygen atoms in total. The first-order chi connectivity index (χ1) is 20.8. The topological polar surface area (TPSA) is 123 Å². The van der Waals surface area contributed by atoms with Gasteiger partial charge in [-0.15, -0.1) is 0 Å². The average Bonchev–Trinajstić information content (AvgIpc) is 3.43. The monoisotopic (exact) mass is 607 g/mol. The second-order valence-corrected chi connectivity index (χ2v) is 11.9. The van der Waals surface area contributed by atoms with Gasteiger partial charge in [0.2, 0.25) is 17.7 Å². The molecule has 3 amide bonds. The molecule has 0 bridgehead atoms. The van der Waals surface area contributed by atoms with Gasteiger partial charge in [0.1, 0.15) is 11.8 Å². The molecule has 0 aromatic heterocycles. The third-order valence-corrected chi connectivity index (χ3v) is 8.14. The number of rotatable bonds is 16. The zero-order chi connectivity index (χ0) is 30.5. The largest absolute Gasteiger partial charge is 0.530 e. The Morgan fingerprint density at radius 1 is 0.884 bits per heavy atom. The van der Waals surface area contributed by atoms with Crippen molar-refractivity contribution in [2.75, 3.05) is 19.6 Å². The highest BCUT2D eigenvalue weighted by Crippen LogP contribution is 2.51. The van der Waals surface area contributed by atoms with E-state index in [0.717, 1.165) is 29.7 Å². The summed E-state index contributed by atoms with van der Waals surface area (Å²) in [4.78, 5) is 38.3. The molecule has 0 saturated carbocycles. The fraction of sp³-hybridized carbons (Fsp3) is 0.344. The normalized spacial score (nSPS) is 13.9. The van der Waals surface area contributed by atoms with Crippen LogP contribution in [0.15, 0.2) is 84.9 Å². The van der Waals surface area contributed by atoms with Crippen LogP contribution >= 0.6 is 7.82 Å². The van der Waals surface area contributed by atoms with Gasteiger partial charge >= 0.3 is 7.82 Å². The first kappa shape index (κ1) is 31.9. The van der Waals surface area contributed by atoms with Gasteiger partial charge < -0.3 is 20.1 Å². The van der Waals surface area contributed by atoms with E-state index in [4.69, 9.17) is 13.6 Å². The van der Waals surface area contributed by atoms with Crippen molar-refractivity contribution in [1.82, 2.24) is 15.5 Å². The first-order valence-corrected chi connectivity index (χ1v) is 15.8. The minimum absolute atomic E-state index is 0.0346. The van der Waals surface area contributed by atoms with Gasteiger partial charge in [-0.3, -0.25) is 23.4 Å². The van der Waals surface area contributed by atoms with Crippen LogP contribution in [-0.4, -0.2) is 48.3 Å². The van der Waals surface area contributed by atoms with Gasteiger partial charge in [0.05, 0.1) is 13.2 Å². The summed E-state index contributed by atoms with van der Waals surface area (Å²) in [5.74, 6) is -0.215. The van der Waals surface area contributed by atoms with Crippen molar-refractivity contribution in [2.45, 2.75) is 51.9 Å². The number of phosphoric ester groups is 1. The molecule has 1 aliphatic heterocycles. The molecule has 0 radical (unpaired) electrons. The average molecular weight is 608 g/mol. The van der Waals surface area contributed by atoms with E-state index in [1.54, 1.807) is 29.2 Å². The predicted molar refractivity (Wildman–Crippen MR) is 162 cm³/mol. The van der Waals surface area contributed by atoms with Crippen LogP contribution in [0, 0.1) is 0 Å². The van der Waals surface area contributed by atoms with Crippen LogP contribution < -0.4 is 15.2 Å². The van der Waals surface area contributed by atoms with E-state index in [1.807, 2.05) is 60.7 Å². The maximum Gasteiger partial charge on any atom is 0.530 e. The van der Waals surface area contributed by atoms with E-state index >= 15 is 0 Å². The van der Waals surface area contributed by atoms with Crippen LogP contribution in [0.1, 0.15) is 42.9 Å². The lowest BCUT2D eigenvalue weighted by atomic mass is 10.0. The first-order valence-electron chi connectivity index (χ1n) is 14.4. The second-order valence-electron chi connectivity index (χ2n) is 10.3. The number of nitrogens with zero attached hydrogens (tertiary/aromatic N) is 1. The minimum Gasteiger partial charge on any atom is -0.404 e. The van der Waals surface area contributed by atoms with Crippen LogP contribution in [0.4, 0.5) is 0 Å². The highest BCUT2D eigenvalue weighted by Gasteiger charge is 2.29. The fourth-order valence-electron chi connectivity index (χ4n) is 4.60. The van der Waals surface area contributed by atoms with Crippen molar-refractivity contribution >= 4 is 25.5 Å². The SMILES string of the molecule is CC(=O)N[C@@H](Cc1ccc(OP(=O)(OCc2ccccc2)OCc2ccccc2)cc1)C(=O)NCCCN1CCCC1=O. The summed E-state index contributed by atoms with van der Waals surface area (Å²) in [5, 5.41) is 5.56. The highest BCUT2D eigenvalue weighted by atomic mass is 31.2. The smallest absolute Gasteiger partial charge is 0.404 e. The number of amides is 3. The van der Waals surface area contributed by atoms with Crippen molar-refractivity contribution in [3.63, 3.8) is 0 Å². The van der Waals surface area contributed by atoms with Crippen LogP contribution in [0.5, 0.6) is 5.75 Å². The lowest BCUT2D eigenvalue weighted by molar-refractivity contribution is -0.128. The Balaban J connectivity index is 1.35. The Morgan fingerprint density at radius 3 is 2.02 bits per heavy atom. The maximum absolute atomic E-state index is 13.6. The molecule has 0 aliphatic carbocycles. The van der Waals surface area contributed by atoms with E-state index in [-0.39, 0.29) is 43.1 Å². The van der Waals surface area contributed by atoms with Crippen LogP contribution in [0.3, 0.4) is 0 Å². The van der Waals surface area contributed by atoms with Gasteiger partial charge in [-0.05, 0) is 41.7 Å². The molecule has 2 N–H and O–H groups in total. The summed E-state index contributed by atoms with van der Waals surface area (Å²) in [6, 6.07) is 24.5. The number of hydrogen-bond acceptors (Lipinski definition) is 7. The lowest BCUT2D eigenvalue weighted by Gasteiger charge is -2.20. The summed E-state index contributed by atoms with van der Waals surface area (Å²) in [7, 11) is -4.02. The summed E-state index contributed by atoms with van der Waals surface area (Å²) >= 11 is 0. The van der Waals surface area contributed by atoms with Crippen molar-refractivity contribution < 1.29 is 32.5 Å². The van der Waals surface area contributed by atoms with Crippen molar-refractivity contribution in [1.29, 1.82) is 0 Å². The van der Waals surface area contributed by atoms with E-state index in [9.17, 15) is 18.9 Å². The Morgan fingerprint density at radius 2 is 1.49 bits per heavy atom. The van der Waals surface area contributed by atoms with Crippen molar-refractivity contribution in [2.24, 2.45) is 0 Å². The third kappa shape index (κ3) is 10.7. The molecule has 11 heteroatoms. The molecule has 0 spiro atoms. The summed E-state index contributed by atoms with van der Waals surface area (Å²) in [6.07, 6.45) is 2.33. The molecule has 3 aromatic carbocycles. The summed E-state index contributed by atoms with van der Waals surface area (Å²) in [5.41, 5.74) is 2.39.